The maximum absolute atomic E-state index is 13.0. The number of hydrogen-bond acceptors (Lipinski definition) is 5. The van der Waals surface area contributed by atoms with Gasteiger partial charge < -0.3 is 11.1 Å². The van der Waals surface area contributed by atoms with E-state index in [4.69, 9.17) is 5.73 Å². The van der Waals surface area contributed by atoms with E-state index in [9.17, 15) is 18.4 Å². The second kappa shape index (κ2) is 7.03. The van der Waals surface area contributed by atoms with Gasteiger partial charge in [-0.15, -0.1) is 11.3 Å². The molecule has 27 heavy (non-hydrogen) atoms. The van der Waals surface area contributed by atoms with Crippen molar-refractivity contribution >= 4 is 39.1 Å². The molecule has 2 amide bonds. The van der Waals surface area contributed by atoms with E-state index in [1.54, 1.807) is 33.0 Å². The topological polar surface area (TPSA) is 103 Å². The number of nitrogens with one attached hydrogen (secondary N) is 1. The number of pyridine rings is 1. The normalized spacial score (nSPS) is 12.5. The van der Waals surface area contributed by atoms with Crippen LogP contribution in [-0.2, 0) is 4.79 Å². The Morgan fingerprint density at radius 2 is 2.04 bits per heavy atom. The van der Waals surface area contributed by atoms with Gasteiger partial charge in [0.15, 0.2) is 0 Å². The summed E-state index contributed by atoms with van der Waals surface area (Å²) in [5, 5.41) is 7.32. The van der Waals surface area contributed by atoms with Crippen molar-refractivity contribution in [1.29, 1.82) is 0 Å². The van der Waals surface area contributed by atoms with Gasteiger partial charge in [0.1, 0.15) is 21.4 Å². The highest BCUT2D eigenvalue weighted by molar-refractivity contribution is 7.21. The second-order valence-corrected chi connectivity index (χ2v) is 7.12. The van der Waals surface area contributed by atoms with E-state index in [2.05, 4.69) is 15.4 Å². The third kappa shape index (κ3) is 3.52. The lowest BCUT2D eigenvalue weighted by atomic mass is 10.1. The van der Waals surface area contributed by atoms with Crippen LogP contribution in [0.1, 0.15) is 46.0 Å². The van der Waals surface area contributed by atoms with Crippen molar-refractivity contribution in [2.45, 2.75) is 33.2 Å². The molecule has 0 saturated heterocycles. The minimum absolute atomic E-state index is 0.0595. The number of anilines is 1. The summed E-state index contributed by atoms with van der Waals surface area (Å²) >= 11 is 0.875. The van der Waals surface area contributed by atoms with Gasteiger partial charge >= 0.3 is 0 Å². The fourth-order valence-corrected chi connectivity index (χ4v) is 3.77. The van der Waals surface area contributed by atoms with Crippen molar-refractivity contribution in [3.8, 4) is 0 Å². The SMILES string of the molecule is Cc1ccn(C(C)C(=O)Nc2c(C(N)=O)sc3nc(C(F)F)cc(C)c23)n1. The molecule has 0 aliphatic carbocycles. The summed E-state index contributed by atoms with van der Waals surface area (Å²) in [7, 11) is 0. The number of primary amides is 1. The van der Waals surface area contributed by atoms with Crippen molar-refractivity contribution < 1.29 is 18.4 Å². The van der Waals surface area contributed by atoms with Gasteiger partial charge in [-0.3, -0.25) is 14.3 Å². The zero-order chi connectivity index (χ0) is 19.9. The van der Waals surface area contributed by atoms with Crippen LogP contribution in [0.5, 0.6) is 0 Å². The number of aryl methyl sites for hydroxylation is 2. The number of nitrogens with zero attached hydrogens (tertiary/aromatic N) is 3. The first-order valence-electron chi connectivity index (χ1n) is 8.03. The lowest BCUT2D eigenvalue weighted by Crippen LogP contribution is -2.25. The molecule has 7 nitrogen and oxygen atoms in total. The van der Waals surface area contributed by atoms with Crippen LogP contribution in [0, 0.1) is 13.8 Å². The Kier molecular flexibility index (Phi) is 4.92. The molecule has 1 unspecified atom stereocenters. The number of halogens is 2. The number of fused-ring (bicyclic) bond motifs is 1. The van der Waals surface area contributed by atoms with Gasteiger partial charge in [0.05, 0.1) is 11.4 Å². The number of carbonyl (C=O) groups is 2. The summed E-state index contributed by atoms with van der Waals surface area (Å²) in [5.74, 6) is -1.19. The Bertz CT molecular complexity index is 1040. The van der Waals surface area contributed by atoms with Crippen molar-refractivity contribution in [2.24, 2.45) is 5.73 Å². The molecule has 3 rings (SSSR count). The summed E-state index contributed by atoms with van der Waals surface area (Å²) in [6, 6.07) is 2.35. The maximum Gasteiger partial charge on any atom is 0.280 e. The molecule has 3 aromatic rings. The standard InChI is InChI=1S/C17H17F2N5O2S/c1-7-6-10(14(18)19)21-17-11(7)12(13(27-17)15(20)25)22-16(26)9(3)24-5-4-8(2)23-24/h4-6,9,14H,1-3H3,(H2,20,25)(H,22,26). The van der Waals surface area contributed by atoms with E-state index in [0.717, 1.165) is 17.0 Å². The molecule has 0 fully saturated rings. The summed E-state index contributed by atoms with van der Waals surface area (Å²) in [4.78, 5) is 28.7. The molecule has 0 aliphatic heterocycles. The van der Waals surface area contributed by atoms with Crippen molar-refractivity contribution in [1.82, 2.24) is 14.8 Å². The van der Waals surface area contributed by atoms with E-state index in [0.29, 0.717) is 10.9 Å². The number of aromatic nitrogens is 3. The highest BCUT2D eigenvalue weighted by atomic mass is 32.1. The van der Waals surface area contributed by atoms with Crippen LogP contribution >= 0.6 is 11.3 Å². The Labute approximate surface area is 157 Å². The number of thiophene rings is 1. The number of hydrogen-bond donors (Lipinski definition) is 2. The molecule has 3 aromatic heterocycles. The number of rotatable bonds is 5. The molecule has 0 spiro atoms. The summed E-state index contributed by atoms with van der Waals surface area (Å²) in [6.45, 7) is 5.07. The smallest absolute Gasteiger partial charge is 0.280 e. The van der Waals surface area contributed by atoms with Crippen LogP contribution in [-0.4, -0.2) is 26.6 Å². The molecule has 0 aromatic carbocycles. The van der Waals surface area contributed by atoms with Gasteiger partial charge in [0.2, 0.25) is 5.91 Å². The van der Waals surface area contributed by atoms with Crippen LogP contribution in [0.3, 0.4) is 0 Å². The Balaban J connectivity index is 2.05. The summed E-state index contributed by atoms with van der Waals surface area (Å²) < 4.78 is 27.5. The molecule has 1 atom stereocenters. The first-order chi connectivity index (χ1) is 12.7. The molecular weight excluding hydrogens is 376 g/mol. The molecule has 142 valence electrons. The number of alkyl halides is 2. The van der Waals surface area contributed by atoms with Crippen molar-refractivity contribution in [3.05, 3.63) is 40.2 Å². The quantitative estimate of drug-likeness (QED) is 0.694. The average Bonchev–Trinajstić information content (AvgIpc) is 3.18. The molecular formula is C17H17F2N5O2S. The van der Waals surface area contributed by atoms with Crippen LogP contribution < -0.4 is 11.1 Å². The number of nitrogens with two attached hydrogens (primary N) is 1. The molecule has 0 saturated carbocycles. The minimum Gasteiger partial charge on any atom is -0.365 e. The summed E-state index contributed by atoms with van der Waals surface area (Å²) in [5.41, 5.74) is 6.44. The highest BCUT2D eigenvalue weighted by Gasteiger charge is 2.25. The van der Waals surface area contributed by atoms with Crippen LogP contribution in [0.2, 0.25) is 0 Å². The van der Waals surface area contributed by atoms with Crippen LogP contribution in [0.4, 0.5) is 14.5 Å². The Morgan fingerprint density at radius 3 is 2.59 bits per heavy atom. The second-order valence-electron chi connectivity index (χ2n) is 6.12. The summed E-state index contributed by atoms with van der Waals surface area (Å²) in [6.07, 6.45) is -1.07. The largest absolute Gasteiger partial charge is 0.365 e. The van der Waals surface area contributed by atoms with Crippen LogP contribution in [0.25, 0.3) is 10.2 Å². The first kappa shape index (κ1) is 18.9. The third-order valence-electron chi connectivity index (χ3n) is 4.09. The van der Waals surface area contributed by atoms with Gasteiger partial charge in [-0.25, -0.2) is 13.8 Å². The first-order valence-corrected chi connectivity index (χ1v) is 8.85. The van der Waals surface area contributed by atoms with Gasteiger partial charge in [0, 0.05) is 11.6 Å². The van der Waals surface area contributed by atoms with Gasteiger partial charge in [-0.2, -0.15) is 5.10 Å². The molecule has 3 N–H and O–H groups in total. The molecule has 0 bridgehead atoms. The van der Waals surface area contributed by atoms with E-state index in [1.807, 2.05) is 0 Å². The molecule has 3 heterocycles. The minimum atomic E-state index is -2.74. The Hall–Kier alpha value is -2.88. The van der Waals surface area contributed by atoms with Crippen LogP contribution in [0.15, 0.2) is 18.3 Å². The average molecular weight is 393 g/mol. The third-order valence-corrected chi connectivity index (χ3v) is 5.19. The zero-order valence-electron chi connectivity index (χ0n) is 14.8. The zero-order valence-corrected chi connectivity index (χ0v) is 15.6. The van der Waals surface area contributed by atoms with E-state index >= 15 is 0 Å². The predicted molar refractivity (Wildman–Crippen MR) is 98.1 cm³/mol. The van der Waals surface area contributed by atoms with E-state index < -0.39 is 30.0 Å². The fraction of sp³-hybridized carbons (Fsp3) is 0.294. The Morgan fingerprint density at radius 1 is 1.33 bits per heavy atom. The lowest BCUT2D eigenvalue weighted by Gasteiger charge is -2.14. The molecule has 10 heteroatoms. The lowest BCUT2D eigenvalue weighted by molar-refractivity contribution is -0.119. The molecule has 0 aliphatic rings. The highest BCUT2D eigenvalue weighted by Crippen LogP contribution is 2.38. The fourth-order valence-electron chi connectivity index (χ4n) is 2.71. The van der Waals surface area contributed by atoms with E-state index in [1.165, 1.54) is 10.7 Å². The van der Waals surface area contributed by atoms with E-state index in [-0.39, 0.29) is 15.4 Å². The molecule has 0 radical (unpaired) electrons. The van der Waals surface area contributed by atoms with Gasteiger partial charge in [-0.1, -0.05) is 0 Å². The van der Waals surface area contributed by atoms with Crippen molar-refractivity contribution in [3.63, 3.8) is 0 Å². The predicted octanol–water partition coefficient (Wildman–Crippen LogP) is 3.35. The number of carbonyl (C=O) groups excluding carboxylic acids is 2. The number of amides is 2. The van der Waals surface area contributed by atoms with Gasteiger partial charge in [0.25, 0.3) is 12.3 Å². The van der Waals surface area contributed by atoms with Crippen molar-refractivity contribution in [2.75, 3.05) is 5.32 Å². The monoisotopic (exact) mass is 393 g/mol. The maximum atomic E-state index is 13.0. The van der Waals surface area contributed by atoms with Gasteiger partial charge in [-0.05, 0) is 38.5 Å².